The summed E-state index contributed by atoms with van der Waals surface area (Å²) in [5.41, 5.74) is 0. The van der Waals surface area contributed by atoms with Gasteiger partial charge in [-0.25, -0.2) is 0 Å². The molecule has 0 aromatic carbocycles. The van der Waals surface area contributed by atoms with E-state index in [9.17, 15) is 61.0 Å². The van der Waals surface area contributed by atoms with E-state index in [-0.39, 0.29) is 18.9 Å². The number of aliphatic hydroxyl groups excluding tert-OH is 11. The predicted octanol–water partition coefficient (Wildman–Crippen LogP) is 17.5. The second kappa shape index (κ2) is 69.8. The number of aliphatic hydroxyl groups is 11. The molecule has 108 heavy (non-hydrogen) atoms. The summed E-state index contributed by atoms with van der Waals surface area (Å²) in [7, 11) is 0. The smallest absolute Gasteiger partial charge is 0.220 e. The van der Waals surface area contributed by atoms with Gasteiger partial charge < -0.3 is 89.9 Å². The average Bonchev–Trinajstić information content (AvgIpc) is 0.779. The first-order valence-electron chi connectivity index (χ1n) is 45.9. The largest absolute Gasteiger partial charge is 0.394 e. The molecule has 12 N–H and O–H groups in total. The first-order valence-corrected chi connectivity index (χ1v) is 45.9. The highest BCUT2D eigenvalue weighted by Crippen LogP contribution is 2.34. The van der Waals surface area contributed by atoms with Crippen LogP contribution in [-0.4, -0.2) is 193 Å². The van der Waals surface area contributed by atoms with Crippen molar-refractivity contribution >= 4 is 5.91 Å². The number of hydrogen-bond donors (Lipinski definition) is 12. The summed E-state index contributed by atoms with van der Waals surface area (Å²) in [5.74, 6) is -0.232. The van der Waals surface area contributed by atoms with Crippen LogP contribution in [0.2, 0.25) is 0 Å². The first kappa shape index (κ1) is 101. The number of carbonyl (C=O) groups is 1. The van der Waals surface area contributed by atoms with Gasteiger partial charge in [0.2, 0.25) is 5.91 Å². The number of ether oxygens (including phenoxy) is 6. The van der Waals surface area contributed by atoms with Gasteiger partial charge in [-0.2, -0.15) is 0 Å². The van der Waals surface area contributed by atoms with E-state index in [0.717, 1.165) is 44.9 Å². The Bertz CT molecular complexity index is 1990. The fourth-order valence-corrected chi connectivity index (χ4v) is 16.0. The van der Waals surface area contributed by atoms with Crippen molar-refractivity contribution in [1.29, 1.82) is 0 Å². The average molecular weight is 1540 g/mol. The van der Waals surface area contributed by atoms with Crippen LogP contribution >= 0.6 is 0 Å². The molecular formula is C89H171NO18. The molecule has 0 bridgehead atoms. The van der Waals surface area contributed by atoms with Crippen LogP contribution in [0.25, 0.3) is 0 Å². The summed E-state index contributed by atoms with van der Waals surface area (Å²) >= 11 is 0. The SMILES string of the molecule is CCCCCCCCCC/C=C\CCCCCCCCCCCCCCCCCCCCCCCCCCCC(=O)NC(COC1OC(CO)C(OC2OC(CO)C(OC3OC(CO)C(O)C(O)C3O)C(O)C2O)C(O)C1O)C(O)CCCCCCCCCCCCCCCCCCCCCCCCCCCC. The highest BCUT2D eigenvalue weighted by molar-refractivity contribution is 5.76. The van der Waals surface area contributed by atoms with E-state index in [2.05, 4.69) is 31.3 Å². The number of amides is 1. The Hall–Kier alpha value is -1.47. The zero-order valence-corrected chi connectivity index (χ0v) is 69.1. The van der Waals surface area contributed by atoms with E-state index in [1.165, 1.54) is 340 Å². The van der Waals surface area contributed by atoms with Crippen LogP contribution in [-0.2, 0) is 33.2 Å². The molecule has 19 heteroatoms. The summed E-state index contributed by atoms with van der Waals surface area (Å²) in [5, 5.41) is 121. The molecule has 3 rings (SSSR count). The van der Waals surface area contributed by atoms with Crippen molar-refractivity contribution in [3.8, 4) is 0 Å². The third-order valence-corrected chi connectivity index (χ3v) is 23.3. The molecule has 0 aliphatic carbocycles. The van der Waals surface area contributed by atoms with E-state index in [1.54, 1.807) is 0 Å². The van der Waals surface area contributed by atoms with Gasteiger partial charge in [0.05, 0.1) is 38.6 Å². The van der Waals surface area contributed by atoms with E-state index in [1.807, 2.05) is 0 Å². The van der Waals surface area contributed by atoms with Crippen LogP contribution in [0.1, 0.15) is 418 Å². The molecule has 3 aliphatic rings. The lowest BCUT2D eigenvalue weighted by Crippen LogP contribution is -2.66. The summed E-state index contributed by atoms with van der Waals surface area (Å²) in [4.78, 5) is 13.5. The van der Waals surface area contributed by atoms with Crippen LogP contribution in [0.5, 0.6) is 0 Å². The number of carbonyl (C=O) groups excluding carboxylic acids is 1. The molecule has 0 aromatic heterocycles. The third kappa shape index (κ3) is 48.2. The minimum Gasteiger partial charge on any atom is -0.394 e. The maximum atomic E-state index is 13.5. The van der Waals surface area contributed by atoms with Crippen LogP contribution in [0.4, 0.5) is 0 Å². The highest BCUT2D eigenvalue weighted by Gasteiger charge is 2.54. The minimum atomic E-state index is -1.97. The van der Waals surface area contributed by atoms with Gasteiger partial charge in [-0.1, -0.05) is 386 Å². The second-order valence-corrected chi connectivity index (χ2v) is 33.1. The summed E-state index contributed by atoms with van der Waals surface area (Å²) in [6.07, 6.45) is 59.0. The van der Waals surface area contributed by atoms with Crippen molar-refractivity contribution < 1.29 is 89.4 Å². The first-order chi connectivity index (χ1) is 52.8. The molecule has 3 aliphatic heterocycles. The Morgan fingerprint density at radius 1 is 0.324 bits per heavy atom. The van der Waals surface area contributed by atoms with Gasteiger partial charge in [0.25, 0.3) is 0 Å². The number of rotatable bonds is 76. The number of unbranched alkanes of at least 4 members (excludes halogenated alkanes) is 58. The third-order valence-electron chi connectivity index (χ3n) is 23.3. The van der Waals surface area contributed by atoms with Crippen molar-refractivity contribution in [1.82, 2.24) is 5.32 Å². The Kier molecular flexibility index (Phi) is 65.1. The molecule has 1 amide bonds. The van der Waals surface area contributed by atoms with Gasteiger partial charge in [-0.3, -0.25) is 4.79 Å². The minimum absolute atomic E-state index is 0.232. The molecule has 17 atom stereocenters. The maximum absolute atomic E-state index is 13.5. The Morgan fingerprint density at radius 3 is 0.898 bits per heavy atom. The van der Waals surface area contributed by atoms with Crippen LogP contribution in [0, 0.1) is 0 Å². The van der Waals surface area contributed by atoms with Gasteiger partial charge >= 0.3 is 0 Å². The number of allylic oxidation sites excluding steroid dienone is 2. The van der Waals surface area contributed by atoms with Crippen LogP contribution in [0.15, 0.2) is 12.2 Å². The lowest BCUT2D eigenvalue weighted by atomic mass is 9.96. The fourth-order valence-electron chi connectivity index (χ4n) is 16.0. The van der Waals surface area contributed by atoms with Gasteiger partial charge in [0.15, 0.2) is 18.9 Å². The number of nitrogens with one attached hydrogen (secondary N) is 1. The predicted molar refractivity (Wildman–Crippen MR) is 434 cm³/mol. The Morgan fingerprint density at radius 2 is 0.583 bits per heavy atom. The molecule has 0 radical (unpaired) electrons. The molecular weight excluding hydrogens is 1370 g/mol. The van der Waals surface area contributed by atoms with Crippen LogP contribution < -0.4 is 5.32 Å². The van der Waals surface area contributed by atoms with Gasteiger partial charge in [-0.05, 0) is 38.5 Å². The maximum Gasteiger partial charge on any atom is 0.220 e. The number of hydrogen-bond acceptors (Lipinski definition) is 18. The van der Waals surface area contributed by atoms with E-state index in [0.29, 0.717) is 12.8 Å². The molecule has 3 saturated heterocycles. The zero-order chi connectivity index (χ0) is 78.1. The zero-order valence-electron chi connectivity index (χ0n) is 69.1. The van der Waals surface area contributed by atoms with Crippen LogP contribution in [0.3, 0.4) is 0 Å². The lowest BCUT2D eigenvalue weighted by Gasteiger charge is -2.48. The molecule has 0 saturated carbocycles. The van der Waals surface area contributed by atoms with Crippen molar-refractivity contribution in [2.75, 3.05) is 26.4 Å². The summed E-state index contributed by atoms with van der Waals surface area (Å²) in [6, 6.07) is -0.885. The molecule has 17 unspecified atom stereocenters. The molecule has 3 heterocycles. The Labute approximate surface area is 658 Å². The Balaban J connectivity index is 1.30. The van der Waals surface area contributed by atoms with Gasteiger partial charge in [0, 0.05) is 6.42 Å². The van der Waals surface area contributed by atoms with Gasteiger partial charge in [0.1, 0.15) is 73.2 Å². The topological polar surface area (TPSA) is 307 Å². The summed E-state index contributed by atoms with van der Waals surface area (Å²) < 4.78 is 34.6. The fraction of sp³-hybridized carbons (Fsp3) is 0.966. The highest BCUT2D eigenvalue weighted by atomic mass is 16.8. The standard InChI is InChI=1S/C89H171NO18/c1-3-5-7-9-11-13-15-17-19-21-23-25-27-29-31-32-33-34-35-36-37-38-39-40-41-43-45-47-49-51-53-55-57-59-61-63-65-67-77(95)90-72(73(94)66-64-62-60-58-56-54-52-50-48-46-44-42-30-28-26-24-22-20-18-16-14-12-10-8-6-4-2)71-103-87-83(101)80(98)85(75(69-92)105-87)108-89-84(102)81(99)86(76(70-93)106-89)107-88-82(100)79(97)78(96)74(68-91)104-88/h21,23,72-76,78-89,91-94,96-102H,3-20,22,24-71H2,1-2H3,(H,90,95)/b23-21-. The molecule has 19 nitrogen and oxygen atoms in total. The molecule has 0 aromatic rings. The summed E-state index contributed by atoms with van der Waals surface area (Å²) in [6.45, 7) is 1.88. The van der Waals surface area contributed by atoms with Gasteiger partial charge in [-0.15, -0.1) is 0 Å². The monoisotopic (exact) mass is 1540 g/mol. The van der Waals surface area contributed by atoms with E-state index >= 15 is 0 Å². The molecule has 640 valence electrons. The van der Waals surface area contributed by atoms with Crippen molar-refractivity contribution in [2.45, 2.75) is 523 Å². The van der Waals surface area contributed by atoms with Crippen molar-refractivity contribution in [2.24, 2.45) is 0 Å². The van der Waals surface area contributed by atoms with E-state index < -0.39 is 124 Å². The quantitative estimate of drug-likeness (QED) is 0.0199. The second-order valence-electron chi connectivity index (χ2n) is 33.1. The van der Waals surface area contributed by atoms with Crippen molar-refractivity contribution in [3.05, 3.63) is 12.2 Å². The normalized spacial score (nSPS) is 25.4. The van der Waals surface area contributed by atoms with E-state index in [4.69, 9.17) is 28.4 Å². The molecule has 3 fully saturated rings. The lowest BCUT2D eigenvalue weighted by molar-refractivity contribution is -0.379. The molecule has 0 spiro atoms. The van der Waals surface area contributed by atoms with Crippen molar-refractivity contribution in [3.63, 3.8) is 0 Å².